The Morgan fingerprint density at radius 2 is 1.85 bits per heavy atom. The smallest absolute Gasteiger partial charge is 0.304 e. The zero-order valence-electron chi connectivity index (χ0n) is 15.1. The molecule has 0 saturated carbocycles. The molecule has 1 aliphatic heterocycles. The number of aromatic amines is 1. The maximum atomic E-state index is 12.8. The van der Waals surface area contributed by atoms with E-state index >= 15 is 0 Å². The first-order valence-corrected chi connectivity index (χ1v) is 10.5. The minimum absolute atomic E-state index is 0.168. The number of piperidine rings is 1. The summed E-state index contributed by atoms with van der Waals surface area (Å²) in [6.45, 7) is 3.41. The molecule has 7 nitrogen and oxygen atoms in total. The van der Waals surface area contributed by atoms with Crippen LogP contribution in [0.1, 0.15) is 18.4 Å². The number of aromatic nitrogens is 3. The first-order valence-electron chi connectivity index (χ1n) is 9.05. The number of nitrogens with zero attached hydrogens (tertiary/aromatic N) is 3. The Morgan fingerprint density at radius 3 is 2.56 bits per heavy atom. The van der Waals surface area contributed by atoms with E-state index in [9.17, 15) is 13.2 Å². The summed E-state index contributed by atoms with van der Waals surface area (Å²) < 4.78 is 28.8. The van der Waals surface area contributed by atoms with Crippen LogP contribution in [0, 0.1) is 12.8 Å². The predicted octanol–water partition coefficient (Wildman–Crippen LogP) is 2.13. The lowest BCUT2D eigenvalue weighted by Gasteiger charge is -2.31. The highest BCUT2D eigenvalue weighted by Crippen LogP contribution is 2.25. The van der Waals surface area contributed by atoms with Gasteiger partial charge in [-0.05, 0) is 49.9 Å². The molecule has 0 aliphatic carbocycles. The molecule has 1 N–H and O–H groups in total. The minimum atomic E-state index is -3.46. The van der Waals surface area contributed by atoms with Crippen LogP contribution in [0.5, 0.6) is 0 Å². The maximum Gasteiger partial charge on any atom is 0.327 e. The van der Waals surface area contributed by atoms with E-state index in [0.29, 0.717) is 30.2 Å². The molecular formula is C19H22N4O3S. The summed E-state index contributed by atoms with van der Waals surface area (Å²) in [6.07, 6.45) is 3.11. The average molecular weight is 386 g/mol. The van der Waals surface area contributed by atoms with Crippen molar-refractivity contribution >= 4 is 21.2 Å². The van der Waals surface area contributed by atoms with Crippen molar-refractivity contribution in [1.82, 2.24) is 18.8 Å². The van der Waals surface area contributed by atoms with Gasteiger partial charge in [-0.2, -0.15) is 4.31 Å². The lowest BCUT2D eigenvalue weighted by Crippen LogP contribution is -2.39. The molecule has 3 heterocycles. The molecule has 27 heavy (non-hydrogen) atoms. The average Bonchev–Trinajstić information content (AvgIpc) is 2.98. The molecule has 2 aromatic heterocycles. The van der Waals surface area contributed by atoms with E-state index in [1.807, 2.05) is 25.1 Å². The Bertz CT molecular complexity index is 1110. The van der Waals surface area contributed by atoms with Crippen LogP contribution < -0.4 is 5.69 Å². The van der Waals surface area contributed by atoms with Crippen molar-refractivity contribution in [3.05, 3.63) is 58.6 Å². The molecule has 3 aromatic rings. The first-order chi connectivity index (χ1) is 12.9. The van der Waals surface area contributed by atoms with E-state index in [2.05, 4.69) is 9.97 Å². The first kappa shape index (κ1) is 17.9. The van der Waals surface area contributed by atoms with Crippen molar-refractivity contribution < 1.29 is 8.42 Å². The fourth-order valence-electron chi connectivity index (χ4n) is 3.61. The zero-order chi connectivity index (χ0) is 19.0. The SMILES string of the molecule is Cc1ccc(S(=O)(=O)N2CCC(Cn3c(=O)[nH]c4cccnc43)CC2)cc1. The van der Waals surface area contributed by atoms with E-state index in [0.717, 1.165) is 23.9 Å². The molecule has 0 amide bonds. The third-order valence-corrected chi connectivity index (χ3v) is 7.12. The number of imidazole rings is 1. The van der Waals surface area contributed by atoms with Crippen LogP contribution in [0.2, 0.25) is 0 Å². The standard InChI is InChI=1S/C19H22N4O3S/c1-14-4-6-16(7-5-14)27(25,26)22-11-8-15(9-12-22)13-23-18-17(21-19(23)24)3-2-10-20-18/h2-7,10,15H,8-9,11-13H2,1H3,(H,21,24). The zero-order valence-corrected chi connectivity index (χ0v) is 15.9. The third-order valence-electron chi connectivity index (χ3n) is 5.20. The van der Waals surface area contributed by atoms with Gasteiger partial charge in [0, 0.05) is 25.8 Å². The normalized spacial score (nSPS) is 16.8. The molecule has 1 aromatic carbocycles. The van der Waals surface area contributed by atoms with E-state index in [4.69, 9.17) is 0 Å². The molecular weight excluding hydrogens is 364 g/mol. The molecule has 1 saturated heterocycles. The van der Waals surface area contributed by atoms with Crippen molar-refractivity contribution in [2.45, 2.75) is 31.2 Å². The number of aryl methyl sites for hydroxylation is 1. The van der Waals surface area contributed by atoms with Gasteiger partial charge in [0.2, 0.25) is 10.0 Å². The summed E-state index contributed by atoms with van der Waals surface area (Å²) >= 11 is 0. The van der Waals surface area contributed by atoms with Crippen molar-refractivity contribution in [2.75, 3.05) is 13.1 Å². The Morgan fingerprint density at radius 1 is 1.15 bits per heavy atom. The molecule has 0 spiro atoms. The van der Waals surface area contributed by atoms with Crippen molar-refractivity contribution in [3.8, 4) is 0 Å². The van der Waals surface area contributed by atoms with Gasteiger partial charge in [-0.25, -0.2) is 18.2 Å². The monoisotopic (exact) mass is 386 g/mol. The summed E-state index contributed by atoms with van der Waals surface area (Å²) in [6, 6.07) is 10.6. The fourth-order valence-corrected chi connectivity index (χ4v) is 5.08. The van der Waals surface area contributed by atoms with Crippen molar-refractivity contribution in [1.29, 1.82) is 0 Å². The van der Waals surface area contributed by atoms with Crippen molar-refractivity contribution in [2.24, 2.45) is 5.92 Å². The van der Waals surface area contributed by atoms with Gasteiger partial charge in [0.05, 0.1) is 10.4 Å². The number of benzene rings is 1. The molecule has 142 valence electrons. The second kappa shape index (κ2) is 6.94. The van der Waals surface area contributed by atoms with Crippen molar-refractivity contribution in [3.63, 3.8) is 0 Å². The molecule has 1 fully saturated rings. The summed E-state index contributed by atoms with van der Waals surface area (Å²) in [5, 5.41) is 0. The topological polar surface area (TPSA) is 88.1 Å². The third kappa shape index (κ3) is 3.42. The lowest BCUT2D eigenvalue weighted by atomic mass is 9.98. The highest BCUT2D eigenvalue weighted by atomic mass is 32.2. The summed E-state index contributed by atoms with van der Waals surface area (Å²) in [4.78, 5) is 19.7. The number of hydrogen-bond donors (Lipinski definition) is 1. The van der Waals surface area contributed by atoms with Gasteiger partial charge in [-0.3, -0.25) is 4.57 Å². The number of hydrogen-bond acceptors (Lipinski definition) is 4. The van der Waals surface area contributed by atoms with E-state index in [1.165, 1.54) is 0 Å². The van der Waals surface area contributed by atoms with Crippen LogP contribution in [0.15, 0.2) is 52.3 Å². The van der Waals surface area contributed by atoms with E-state index in [1.54, 1.807) is 33.3 Å². The summed E-state index contributed by atoms with van der Waals surface area (Å²) in [7, 11) is -3.46. The Hall–Kier alpha value is -2.45. The van der Waals surface area contributed by atoms with Crippen LogP contribution in [-0.2, 0) is 16.6 Å². The van der Waals surface area contributed by atoms with Gasteiger partial charge >= 0.3 is 5.69 Å². The Balaban J connectivity index is 1.46. The van der Waals surface area contributed by atoms with Crippen LogP contribution in [-0.4, -0.2) is 40.3 Å². The fraction of sp³-hybridized carbons (Fsp3) is 0.368. The Kier molecular flexibility index (Phi) is 4.61. The second-order valence-corrected chi connectivity index (χ2v) is 9.01. The number of rotatable bonds is 4. The van der Waals surface area contributed by atoms with Gasteiger partial charge < -0.3 is 4.98 Å². The second-order valence-electron chi connectivity index (χ2n) is 7.08. The number of H-pyrrole nitrogens is 1. The van der Waals surface area contributed by atoms with Crippen LogP contribution >= 0.6 is 0 Å². The molecule has 0 radical (unpaired) electrons. The molecule has 4 rings (SSSR count). The lowest BCUT2D eigenvalue weighted by molar-refractivity contribution is 0.253. The van der Waals surface area contributed by atoms with Crippen LogP contribution in [0.25, 0.3) is 11.2 Å². The summed E-state index contributed by atoms with van der Waals surface area (Å²) in [5.74, 6) is 0.244. The molecule has 0 bridgehead atoms. The molecule has 0 unspecified atom stereocenters. The van der Waals surface area contributed by atoms with Crippen LogP contribution in [0.4, 0.5) is 0 Å². The molecule has 1 aliphatic rings. The van der Waals surface area contributed by atoms with Crippen LogP contribution in [0.3, 0.4) is 0 Å². The molecule has 0 atom stereocenters. The minimum Gasteiger partial charge on any atom is -0.304 e. The number of nitrogens with one attached hydrogen (secondary N) is 1. The highest BCUT2D eigenvalue weighted by molar-refractivity contribution is 7.89. The number of sulfonamides is 1. The highest BCUT2D eigenvalue weighted by Gasteiger charge is 2.29. The predicted molar refractivity (Wildman–Crippen MR) is 103 cm³/mol. The van der Waals surface area contributed by atoms with Gasteiger partial charge in [0.15, 0.2) is 5.65 Å². The van der Waals surface area contributed by atoms with E-state index in [-0.39, 0.29) is 11.6 Å². The quantitative estimate of drug-likeness (QED) is 0.744. The maximum absolute atomic E-state index is 12.8. The summed E-state index contributed by atoms with van der Waals surface area (Å²) in [5.41, 5.74) is 2.24. The number of fused-ring (bicyclic) bond motifs is 1. The van der Waals surface area contributed by atoms with Gasteiger partial charge in [0.25, 0.3) is 0 Å². The van der Waals surface area contributed by atoms with Gasteiger partial charge in [-0.1, -0.05) is 17.7 Å². The largest absolute Gasteiger partial charge is 0.327 e. The van der Waals surface area contributed by atoms with E-state index < -0.39 is 10.0 Å². The molecule has 8 heteroatoms. The van der Waals surface area contributed by atoms with Gasteiger partial charge in [-0.15, -0.1) is 0 Å². The Labute approximate surface area is 157 Å². The van der Waals surface area contributed by atoms with Gasteiger partial charge in [0.1, 0.15) is 0 Å². The number of pyridine rings is 1.